The number of carbonyl (C=O) groups excluding carboxylic acids is 1. The van der Waals surface area contributed by atoms with Gasteiger partial charge in [-0.1, -0.05) is 49.9 Å². The maximum Gasteiger partial charge on any atom is 0.490 e. The van der Waals surface area contributed by atoms with Crippen molar-refractivity contribution in [1.29, 1.82) is 0 Å². The molecule has 0 fully saturated rings. The van der Waals surface area contributed by atoms with Gasteiger partial charge in [-0.25, -0.2) is 9.78 Å². The lowest BCUT2D eigenvalue weighted by atomic mass is 10.0. The molecule has 5 N–H and O–H groups in total. The molecule has 0 aliphatic carbocycles. The van der Waals surface area contributed by atoms with E-state index in [1.165, 1.54) is 0 Å². The second kappa shape index (κ2) is 13.4. The SMILES string of the molecule is C.Cc1[nH]c(CN(C(=O)[C@@H](N)Cc2ccc(O)cc2)C(C)C)nc1-c1ccccc1.O=C(O)C(F)(F)F. The third kappa shape index (κ3) is 9.26. The van der Waals surface area contributed by atoms with Crippen molar-refractivity contribution in [3.8, 4) is 17.0 Å². The number of nitrogens with one attached hydrogen (secondary N) is 1. The first kappa shape index (κ1) is 31.2. The Morgan fingerprint density at radius 1 is 1.08 bits per heavy atom. The van der Waals surface area contributed by atoms with Crippen molar-refractivity contribution >= 4 is 11.9 Å². The first-order chi connectivity index (χ1) is 16.8. The number of carboxylic acids is 1. The van der Waals surface area contributed by atoms with Gasteiger partial charge in [0, 0.05) is 17.3 Å². The summed E-state index contributed by atoms with van der Waals surface area (Å²) in [5.74, 6) is -1.95. The van der Waals surface area contributed by atoms with E-state index in [1.807, 2.05) is 51.1 Å². The third-order valence-corrected chi connectivity index (χ3v) is 5.16. The molecule has 0 saturated carbocycles. The predicted octanol–water partition coefficient (Wildman–Crippen LogP) is 4.67. The number of hydrogen-bond acceptors (Lipinski definition) is 5. The van der Waals surface area contributed by atoms with Crippen LogP contribution in [0.15, 0.2) is 54.6 Å². The Morgan fingerprint density at radius 2 is 1.62 bits per heavy atom. The number of carboxylic acid groups (broad SMARTS) is 1. The molecule has 202 valence electrons. The maximum atomic E-state index is 13.0. The van der Waals surface area contributed by atoms with E-state index in [-0.39, 0.29) is 25.1 Å². The molecule has 0 saturated heterocycles. The number of H-pyrrole nitrogens is 1. The van der Waals surface area contributed by atoms with Gasteiger partial charge in [-0.3, -0.25) is 4.79 Å². The molecule has 1 aromatic heterocycles. The van der Waals surface area contributed by atoms with Crippen molar-refractivity contribution in [1.82, 2.24) is 14.9 Å². The fraction of sp³-hybridized carbons (Fsp3) is 0.346. The number of alkyl halides is 3. The van der Waals surface area contributed by atoms with Crippen LogP contribution in [0.4, 0.5) is 13.2 Å². The maximum absolute atomic E-state index is 13.0. The number of carbonyl (C=O) groups is 2. The Bertz CT molecular complexity index is 1150. The highest BCUT2D eigenvalue weighted by Crippen LogP contribution is 2.22. The summed E-state index contributed by atoms with van der Waals surface area (Å²) in [6.45, 7) is 6.29. The fourth-order valence-electron chi connectivity index (χ4n) is 3.34. The van der Waals surface area contributed by atoms with E-state index in [0.29, 0.717) is 13.0 Å². The number of phenolic OH excluding ortho intramolecular Hbond substituents is 1. The molecule has 0 radical (unpaired) electrons. The minimum absolute atomic E-state index is 0. The molecule has 0 bridgehead atoms. The summed E-state index contributed by atoms with van der Waals surface area (Å²) in [5.41, 5.74) is 10.0. The summed E-state index contributed by atoms with van der Waals surface area (Å²) in [7, 11) is 0. The number of nitrogens with zero attached hydrogens (tertiary/aromatic N) is 2. The summed E-state index contributed by atoms with van der Waals surface area (Å²) in [4.78, 5) is 31.7. The van der Waals surface area contributed by atoms with Crippen LogP contribution < -0.4 is 5.73 Å². The Hall–Kier alpha value is -3.86. The van der Waals surface area contributed by atoms with Crippen LogP contribution in [0.1, 0.15) is 38.4 Å². The lowest BCUT2D eigenvalue weighted by Crippen LogP contribution is -2.47. The van der Waals surface area contributed by atoms with E-state index in [2.05, 4.69) is 4.98 Å². The Balaban J connectivity index is 0.000000754. The lowest BCUT2D eigenvalue weighted by molar-refractivity contribution is -0.192. The van der Waals surface area contributed by atoms with Crippen molar-refractivity contribution in [2.75, 3.05) is 0 Å². The number of rotatable bonds is 7. The number of benzene rings is 2. The van der Waals surface area contributed by atoms with E-state index < -0.39 is 18.2 Å². The number of aromatic hydroxyl groups is 1. The molecule has 0 aliphatic rings. The van der Waals surface area contributed by atoms with Gasteiger partial charge in [-0.15, -0.1) is 0 Å². The first-order valence-electron chi connectivity index (χ1n) is 11.0. The highest BCUT2D eigenvalue weighted by molar-refractivity contribution is 5.82. The van der Waals surface area contributed by atoms with E-state index in [4.69, 9.17) is 20.6 Å². The number of hydrogen-bond donors (Lipinski definition) is 4. The largest absolute Gasteiger partial charge is 0.508 e. The summed E-state index contributed by atoms with van der Waals surface area (Å²) in [5, 5.41) is 16.5. The monoisotopic (exact) mass is 522 g/mol. The van der Waals surface area contributed by atoms with Crippen molar-refractivity contribution in [3.63, 3.8) is 0 Å². The molecule has 0 aliphatic heterocycles. The van der Waals surface area contributed by atoms with Crippen LogP contribution in [-0.4, -0.2) is 55.2 Å². The van der Waals surface area contributed by atoms with Crippen LogP contribution in [0.5, 0.6) is 5.75 Å². The molecule has 3 rings (SSSR count). The average Bonchev–Trinajstić information content (AvgIpc) is 3.18. The Kier molecular flexibility index (Phi) is 11.3. The third-order valence-electron chi connectivity index (χ3n) is 5.16. The molecular formula is C26H33F3N4O4. The number of aliphatic carboxylic acids is 1. The minimum atomic E-state index is -5.08. The predicted molar refractivity (Wildman–Crippen MR) is 135 cm³/mol. The molecule has 3 aromatic rings. The molecule has 1 atom stereocenters. The number of halogens is 3. The normalized spacial score (nSPS) is 11.7. The fourth-order valence-corrected chi connectivity index (χ4v) is 3.34. The van der Waals surface area contributed by atoms with Gasteiger partial charge in [-0.05, 0) is 44.9 Å². The van der Waals surface area contributed by atoms with Gasteiger partial charge in [0.15, 0.2) is 0 Å². The molecule has 1 amide bonds. The molecule has 2 aromatic carbocycles. The van der Waals surface area contributed by atoms with Gasteiger partial charge in [0.25, 0.3) is 0 Å². The number of aromatic nitrogens is 2. The standard InChI is InChI=1S/C23H28N4O2.C2HF3O2.CH4/c1-15(2)27(23(29)20(24)13-17-9-11-19(28)12-10-17)14-21-25-16(3)22(26-21)18-7-5-4-6-8-18;3-2(4,5)1(6)7;/h4-12,15,20,28H,13-14,24H2,1-3H3,(H,25,26);(H,6,7);1H4/t20-;;/m0../s1. The van der Waals surface area contributed by atoms with Gasteiger partial charge >= 0.3 is 12.1 Å². The van der Waals surface area contributed by atoms with Crippen LogP contribution in [0.2, 0.25) is 0 Å². The summed E-state index contributed by atoms with van der Waals surface area (Å²) in [6, 6.07) is 16.1. The average molecular weight is 523 g/mol. The van der Waals surface area contributed by atoms with Crippen LogP contribution in [0.25, 0.3) is 11.3 Å². The Morgan fingerprint density at radius 3 is 2.11 bits per heavy atom. The van der Waals surface area contributed by atoms with Gasteiger partial charge in [0.05, 0.1) is 18.3 Å². The number of aromatic amines is 1. The molecular weight excluding hydrogens is 489 g/mol. The summed E-state index contributed by atoms with van der Waals surface area (Å²) >= 11 is 0. The van der Waals surface area contributed by atoms with Gasteiger partial charge in [-0.2, -0.15) is 13.2 Å². The molecule has 37 heavy (non-hydrogen) atoms. The highest BCUT2D eigenvalue weighted by atomic mass is 19.4. The lowest BCUT2D eigenvalue weighted by Gasteiger charge is -2.28. The van der Waals surface area contributed by atoms with Crippen LogP contribution in [0.3, 0.4) is 0 Å². The van der Waals surface area contributed by atoms with Crippen molar-refractivity contribution in [2.45, 2.75) is 59.4 Å². The zero-order chi connectivity index (χ0) is 27.0. The van der Waals surface area contributed by atoms with E-state index in [9.17, 15) is 23.1 Å². The molecule has 0 spiro atoms. The van der Waals surface area contributed by atoms with Gasteiger partial charge in [0.1, 0.15) is 11.6 Å². The zero-order valence-corrected chi connectivity index (χ0v) is 20.1. The molecule has 0 unspecified atom stereocenters. The summed E-state index contributed by atoms with van der Waals surface area (Å²) in [6.07, 6.45) is -4.67. The number of aryl methyl sites for hydroxylation is 1. The first-order valence-corrected chi connectivity index (χ1v) is 11.0. The van der Waals surface area contributed by atoms with E-state index in [0.717, 1.165) is 28.3 Å². The second-order valence-electron chi connectivity index (χ2n) is 8.36. The van der Waals surface area contributed by atoms with Crippen LogP contribution in [-0.2, 0) is 22.6 Å². The Labute approximate surface area is 214 Å². The summed E-state index contributed by atoms with van der Waals surface area (Å²) < 4.78 is 31.7. The minimum Gasteiger partial charge on any atom is -0.508 e. The second-order valence-corrected chi connectivity index (χ2v) is 8.36. The highest BCUT2D eigenvalue weighted by Gasteiger charge is 2.38. The zero-order valence-electron chi connectivity index (χ0n) is 20.1. The van der Waals surface area contributed by atoms with Gasteiger partial charge < -0.3 is 25.8 Å². The smallest absolute Gasteiger partial charge is 0.490 e. The van der Waals surface area contributed by atoms with Crippen molar-refractivity contribution in [2.24, 2.45) is 5.73 Å². The topological polar surface area (TPSA) is 133 Å². The molecule has 1 heterocycles. The van der Waals surface area contributed by atoms with Crippen molar-refractivity contribution in [3.05, 3.63) is 71.7 Å². The van der Waals surface area contributed by atoms with E-state index >= 15 is 0 Å². The van der Waals surface area contributed by atoms with E-state index in [1.54, 1.807) is 29.2 Å². The van der Waals surface area contributed by atoms with Crippen LogP contribution >= 0.6 is 0 Å². The van der Waals surface area contributed by atoms with Gasteiger partial charge in [0.2, 0.25) is 5.91 Å². The number of imidazole rings is 1. The number of nitrogens with two attached hydrogens (primary N) is 1. The molecule has 8 nitrogen and oxygen atoms in total. The quantitative estimate of drug-likeness (QED) is 0.357. The number of phenols is 1. The number of amides is 1. The van der Waals surface area contributed by atoms with Crippen molar-refractivity contribution < 1.29 is 33.0 Å². The molecule has 11 heteroatoms. The van der Waals surface area contributed by atoms with Crippen LogP contribution in [0, 0.1) is 6.92 Å².